The van der Waals surface area contributed by atoms with Gasteiger partial charge < -0.3 is 15.5 Å². The van der Waals surface area contributed by atoms with Crippen molar-refractivity contribution in [2.45, 2.75) is 25.8 Å². The molecule has 2 N–H and O–H groups in total. The fourth-order valence-corrected chi connectivity index (χ4v) is 2.90. The zero-order valence-electron chi connectivity index (χ0n) is 14.0. The first kappa shape index (κ1) is 16.3. The first-order valence-corrected chi connectivity index (χ1v) is 8.14. The van der Waals surface area contributed by atoms with Crippen LogP contribution < -0.4 is 10.6 Å². The van der Waals surface area contributed by atoms with Gasteiger partial charge in [0.1, 0.15) is 5.82 Å². The third-order valence-corrected chi connectivity index (χ3v) is 4.07. The Morgan fingerprint density at radius 2 is 2.21 bits per heavy atom. The van der Waals surface area contributed by atoms with Crippen LogP contribution in [0.2, 0.25) is 0 Å². The molecule has 0 bridgehead atoms. The van der Waals surface area contributed by atoms with Gasteiger partial charge in [0.2, 0.25) is 11.9 Å². The summed E-state index contributed by atoms with van der Waals surface area (Å²) in [7, 11) is 1.78. The molecule has 0 aromatic carbocycles. The molecule has 7 heteroatoms. The molecule has 2 aromatic rings. The number of rotatable bonds is 5. The lowest BCUT2D eigenvalue weighted by atomic mass is 10.1. The maximum atomic E-state index is 12.2. The van der Waals surface area contributed by atoms with Crippen molar-refractivity contribution >= 4 is 17.7 Å². The van der Waals surface area contributed by atoms with Gasteiger partial charge in [-0.3, -0.25) is 4.79 Å². The highest BCUT2D eigenvalue weighted by molar-refractivity contribution is 5.79. The van der Waals surface area contributed by atoms with Gasteiger partial charge in [-0.25, -0.2) is 15.0 Å². The number of nitrogens with zero attached hydrogens (tertiary/aromatic N) is 4. The van der Waals surface area contributed by atoms with Crippen molar-refractivity contribution < 1.29 is 4.79 Å². The van der Waals surface area contributed by atoms with Crippen molar-refractivity contribution in [1.29, 1.82) is 0 Å². The number of carbonyl (C=O) groups excluding carboxylic acids is 1. The molecule has 0 aliphatic carbocycles. The van der Waals surface area contributed by atoms with Crippen LogP contribution in [0.4, 0.5) is 11.8 Å². The Hall–Kier alpha value is -2.54. The van der Waals surface area contributed by atoms with Crippen LogP contribution in [0.5, 0.6) is 0 Å². The molecule has 0 saturated carbocycles. The maximum Gasteiger partial charge on any atom is 0.237 e. The quantitative estimate of drug-likeness (QED) is 0.872. The van der Waals surface area contributed by atoms with Gasteiger partial charge in [0, 0.05) is 18.9 Å². The van der Waals surface area contributed by atoms with Gasteiger partial charge in [-0.15, -0.1) is 0 Å². The molecule has 1 atom stereocenters. The Morgan fingerprint density at radius 3 is 2.96 bits per heavy atom. The number of hydrogen-bond donors (Lipinski definition) is 2. The monoisotopic (exact) mass is 326 g/mol. The lowest BCUT2D eigenvalue weighted by molar-refractivity contribution is -0.131. The summed E-state index contributed by atoms with van der Waals surface area (Å²) in [5, 5.41) is 6.04. The molecule has 1 saturated heterocycles. The second kappa shape index (κ2) is 7.35. The van der Waals surface area contributed by atoms with E-state index < -0.39 is 0 Å². The first-order chi connectivity index (χ1) is 11.7. The van der Waals surface area contributed by atoms with Crippen LogP contribution in [0, 0.1) is 6.92 Å². The van der Waals surface area contributed by atoms with Gasteiger partial charge in [-0.05, 0) is 44.5 Å². The minimum absolute atomic E-state index is 0.0142. The summed E-state index contributed by atoms with van der Waals surface area (Å²) in [6, 6.07) is 5.77. The Morgan fingerprint density at radius 1 is 1.33 bits per heavy atom. The van der Waals surface area contributed by atoms with Crippen LogP contribution in [-0.4, -0.2) is 45.9 Å². The molecule has 1 aliphatic heterocycles. The predicted octanol–water partition coefficient (Wildman–Crippen LogP) is 1.81. The number of pyridine rings is 1. The Labute approximate surface area is 141 Å². The van der Waals surface area contributed by atoms with Gasteiger partial charge >= 0.3 is 0 Å². The van der Waals surface area contributed by atoms with Crippen LogP contribution in [0.25, 0.3) is 0 Å². The van der Waals surface area contributed by atoms with Crippen molar-refractivity contribution in [3.63, 3.8) is 0 Å². The highest BCUT2D eigenvalue weighted by atomic mass is 16.2. The summed E-state index contributed by atoms with van der Waals surface area (Å²) in [6.45, 7) is 3.11. The molecule has 1 fully saturated rings. The van der Waals surface area contributed by atoms with Gasteiger partial charge in [0.15, 0.2) is 0 Å². The van der Waals surface area contributed by atoms with Crippen LogP contribution in [0.1, 0.15) is 30.1 Å². The van der Waals surface area contributed by atoms with E-state index in [4.69, 9.17) is 0 Å². The minimum Gasteiger partial charge on any atom is -0.333 e. The van der Waals surface area contributed by atoms with Gasteiger partial charge in [0.25, 0.3) is 0 Å². The number of likely N-dealkylation sites (tertiary alicyclic amines) is 1. The molecular weight excluding hydrogens is 304 g/mol. The summed E-state index contributed by atoms with van der Waals surface area (Å²) >= 11 is 0. The molecule has 7 nitrogen and oxygen atoms in total. The van der Waals surface area contributed by atoms with E-state index in [2.05, 4.69) is 25.6 Å². The molecule has 0 unspecified atom stereocenters. The number of carbonyl (C=O) groups is 1. The van der Waals surface area contributed by atoms with E-state index in [1.54, 1.807) is 19.4 Å². The number of nitrogens with one attached hydrogen (secondary N) is 2. The summed E-state index contributed by atoms with van der Waals surface area (Å²) in [5.74, 6) is 1.30. The molecule has 0 radical (unpaired) electrons. The molecule has 0 spiro atoms. The van der Waals surface area contributed by atoms with E-state index in [-0.39, 0.29) is 11.9 Å². The van der Waals surface area contributed by atoms with Gasteiger partial charge in [-0.1, -0.05) is 6.07 Å². The van der Waals surface area contributed by atoms with Gasteiger partial charge in [0.05, 0.1) is 18.3 Å². The zero-order valence-corrected chi connectivity index (χ0v) is 14.0. The Kier molecular flexibility index (Phi) is 5.00. The van der Waals surface area contributed by atoms with Crippen molar-refractivity contribution in [2.75, 3.05) is 25.5 Å². The Bertz CT molecular complexity index is 702. The summed E-state index contributed by atoms with van der Waals surface area (Å²) in [6.07, 6.45) is 5.43. The summed E-state index contributed by atoms with van der Waals surface area (Å²) < 4.78 is 0. The first-order valence-electron chi connectivity index (χ1n) is 8.14. The molecule has 1 aliphatic rings. The van der Waals surface area contributed by atoms with Gasteiger partial charge in [-0.2, -0.15) is 0 Å². The van der Waals surface area contributed by atoms with Crippen LogP contribution in [0.3, 0.4) is 0 Å². The second-order valence-electron chi connectivity index (χ2n) is 5.93. The fourth-order valence-electron chi connectivity index (χ4n) is 2.90. The molecule has 126 valence electrons. The van der Waals surface area contributed by atoms with Crippen LogP contribution in [0.15, 0.2) is 30.6 Å². The lowest BCUT2D eigenvalue weighted by Crippen LogP contribution is -2.37. The number of aryl methyl sites for hydroxylation is 1. The molecule has 3 heterocycles. The topological polar surface area (TPSA) is 83.0 Å². The van der Waals surface area contributed by atoms with E-state index in [1.165, 1.54) is 0 Å². The van der Waals surface area contributed by atoms with Crippen molar-refractivity contribution in [3.8, 4) is 0 Å². The second-order valence-corrected chi connectivity index (χ2v) is 5.93. The molecular formula is C17H22N6O. The van der Waals surface area contributed by atoms with E-state index in [0.717, 1.165) is 30.6 Å². The van der Waals surface area contributed by atoms with E-state index in [1.807, 2.05) is 30.0 Å². The molecule has 1 amide bonds. The number of aromatic nitrogens is 3. The van der Waals surface area contributed by atoms with Crippen LogP contribution in [-0.2, 0) is 4.79 Å². The number of hydrogen-bond acceptors (Lipinski definition) is 6. The number of likely N-dealkylation sites (N-methyl/N-ethyl adjacent to an activating group) is 1. The third-order valence-electron chi connectivity index (χ3n) is 4.07. The zero-order chi connectivity index (χ0) is 16.9. The maximum absolute atomic E-state index is 12.2. The largest absolute Gasteiger partial charge is 0.333 e. The van der Waals surface area contributed by atoms with E-state index >= 15 is 0 Å². The highest BCUT2D eigenvalue weighted by Gasteiger charge is 2.30. The SMILES string of the molecule is CNCC(=O)N1CCC[C@H]1c1ccnc(Nc2ccc(C)cn2)n1. The standard InChI is InChI=1S/C17H22N6O/c1-12-5-6-15(20-10-12)22-17-19-8-7-13(21-17)14-4-3-9-23(14)16(24)11-18-2/h5-8,10,14,18H,3-4,9,11H2,1-2H3,(H,19,20,21,22)/t14-/m0/s1. The lowest BCUT2D eigenvalue weighted by Gasteiger charge is -2.24. The van der Waals surface area contributed by atoms with Crippen LogP contribution >= 0.6 is 0 Å². The summed E-state index contributed by atoms with van der Waals surface area (Å²) in [4.78, 5) is 27.3. The Balaban J connectivity index is 1.77. The number of anilines is 2. The number of amides is 1. The summed E-state index contributed by atoms with van der Waals surface area (Å²) in [5.41, 5.74) is 1.96. The third kappa shape index (κ3) is 3.68. The minimum atomic E-state index is 0.0142. The van der Waals surface area contributed by atoms with Crippen molar-refractivity contribution in [2.24, 2.45) is 0 Å². The van der Waals surface area contributed by atoms with E-state index in [0.29, 0.717) is 18.3 Å². The fraction of sp³-hybridized carbons (Fsp3) is 0.412. The molecule has 3 rings (SSSR count). The normalized spacial score (nSPS) is 17.1. The molecule has 2 aromatic heterocycles. The smallest absolute Gasteiger partial charge is 0.237 e. The molecule has 24 heavy (non-hydrogen) atoms. The predicted molar refractivity (Wildman–Crippen MR) is 91.9 cm³/mol. The average molecular weight is 326 g/mol. The highest BCUT2D eigenvalue weighted by Crippen LogP contribution is 2.31. The van der Waals surface area contributed by atoms with Crippen molar-refractivity contribution in [3.05, 3.63) is 41.9 Å². The average Bonchev–Trinajstić information content (AvgIpc) is 3.07. The van der Waals surface area contributed by atoms with E-state index in [9.17, 15) is 4.79 Å². The van der Waals surface area contributed by atoms with Crippen molar-refractivity contribution in [1.82, 2.24) is 25.2 Å².